The average molecular weight is 832 g/mol. The number of amides is 3. The number of methoxy groups -OCH3 is 1. The van der Waals surface area contributed by atoms with Gasteiger partial charge in [0.25, 0.3) is 5.79 Å². The van der Waals surface area contributed by atoms with Crippen LogP contribution < -0.4 is 16.0 Å². The second-order valence-corrected chi connectivity index (χ2v) is 13.8. The summed E-state index contributed by atoms with van der Waals surface area (Å²) < 4.78 is 39.2. The molecule has 0 aromatic heterocycles. The first kappa shape index (κ1) is 48.1. The maximum atomic E-state index is 12.8. The van der Waals surface area contributed by atoms with E-state index in [1.165, 1.54) is 6.92 Å². The van der Waals surface area contributed by atoms with Gasteiger partial charge in [0.1, 0.15) is 67.1 Å². The normalized spacial score (nSPS) is 37.8. The molecule has 328 valence electrons. The number of hydrogen-bond donors (Lipinski definition) is 13. The number of carbonyl (C=O) groups excluding carboxylic acids is 4. The van der Waals surface area contributed by atoms with Gasteiger partial charge in [-0.05, 0) is 6.92 Å². The van der Waals surface area contributed by atoms with Crippen molar-refractivity contribution in [2.75, 3.05) is 26.9 Å². The minimum atomic E-state index is -2.94. The van der Waals surface area contributed by atoms with Gasteiger partial charge >= 0.3 is 11.9 Å². The zero-order valence-corrected chi connectivity index (χ0v) is 31.5. The molecule has 3 heterocycles. The highest BCUT2D eigenvalue weighted by Gasteiger charge is 2.58. The van der Waals surface area contributed by atoms with Crippen LogP contribution in [0, 0.1) is 0 Å². The Hall–Kier alpha value is -3.25. The summed E-state index contributed by atoms with van der Waals surface area (Å²) in [7, 11) is 1.02. The number of carboxylic acid groups (broad SMARTS) is 1. The van der Waals surface area contributed by atoms with Crippen molar-refractivity contribution in [2.24, 2.45) is 0 Å². The summed E-state index contributed by atoms with van der Waals surface area (Å²) >= 11 is 0. The second-order valence-electron chi connectivity index (χ2n) is 13.8. The number of carboxylic acids is 1. The van der Waals surface area contributed by atoms with E-state index >= 15 is 0 Å². The van der Waals surface area contributed by atoms with Crippen LogP contribution in [-0.2, 0) is 57.1 Å². The number of aliphatic hydroxyl groups excluding tert-OH is 9. The van der Waals surface area contributed by atoms with E-state index in [4.69, 9.17) is 33.2 Å². The molecule has 0 spiro atoms. The minimum Gasteiger partial charge on any atom is -0.477 e. The number of aliphatic carboxylic acids is 1. The quantitative estimate of drug-likeness (QED) is 0.0605. The first-order chi connectivity index (χ1) is 26.6. The summed E-state index contributed by atoms with van der Waals surface area (Å²) in [6.07, 6.45) is -27.1. The van der Waals surface area contributed by atoms with Crippen LogP contribution in [0.4, 0.5) is 0 Å². The van der Waals surface area contributed by atoms with Gasteiger partial charge in [0.2, 0.25) is 17.7 Å². The fourth-order valence-electron chi connectivity index (χ4n) is 6.55. The SMILES string of the molecule is COC(=O)[C@@H](NC(C)=O)[C@@H](C)O[C@H]1O[C@H](CO[C@]2(C(=O)O)C[C@H](O)[C@@H](NC(C)=O)[C@H]([C@H](O)[C@H](O)CO)O2)[C@H](O)[C@H](O[C@@H]2O[C@H](CO)[C@H](O)[C@H](O)[C@H]2O)[C@H]1NC(C)=O. The maximum absolute atomic E-state index is 12.8. The standard InChI is InChI=1S/C32H53N3O22/c1-10(18(28(48)51-5)33-11(2)38)53-29-20(35-13(4)40)26(56-30-25(47)24(46)22(44)16(8-37)54-30)23(45)17(55-29)9-52-32(31(49)50)6-14(41)19(34-12(3)39)27(57-32)21(43)15(42)7-36/h10,14-27,29-30,36-37,41-47H,6-9H2,1-5H3,(H,33,38)(H,34,39)(H,35,40)(H,49,50)/t10-,14+,15-,16-,17-,18+,19-,20-,21-,22+,23+,24+,25-,26-,27-,29+,30+,32-/m1/s1. The van der Waals surface area contributed by atoms with Crippen molar-refractivity contribution in [1.82, 2.24) is 16.0 Å². The van der Waals surface area contributed by atoms with Gasteiger partial charge < -0.3 is 100 Å². The highest BCUT2D eigenvalue weighted by molar-refractivity contribution is 5.83. The van der Waals surface area contributed by atoms with E-state index in [0.29, 0.717) is 0 Å². The van der Waals surface area contributed by atoms with E-state index in [9.17, 15) is 75.0 Å². The van der Waals surface area contributed by atoms with Crippen molar-refractivity contribution < 1.29 is 108 Å². The highest BCUT2D eigenvalue weighted by Crippen LogP contribution is 2.36. The largest absolute Gasteiger partial charge is 0.477 e. The Morgan fingerprint density at radius 1 is 0.825 bits per heavy atom. The van der Waals surface area contributed by atoms with Crippen LogP contribution in [0.1, 0.15) is 34.1 Å². The van der Waals surface area contributed by atoms with Gasteiger partial charge in [-0.1, -0.05) is 0 Å². The van der Waals surface area contributed by atoms with Gasteiger partial charge in [0, 0.05) is 27.2 Å². The Labute approximate surface area is 324 Å². The van der Waals surface area contributed by atoms with Crippen LogP contribution >= 0.6 is 0 Å². The summed E-state index contributed by atoms with van der Waals surface area (Å²) in [4.78, 5) is 61.8. The van der Waals surface area contributed by atoms with Crippen molar-refractivity contribution in [2.45, 2.75) is 144 Å². The second kappa shape index (κ2) is 20.6. The third-order valence-corrected chi connectivity index (χ3v) is 9.48. The number of aliphatic hydroxyl groups is 9. The van der Waals surface area contributed by atoms with E-state index in [1.54, 1.807) is 0 Å². The molecule has 0 saturated carbocycles. The molecule has 0 aromatic carbocycles. The summed E-state index contributed by atoms with van der Waals surface area (Å²) in [5.41, 5.74) is 0. The molecule has 0 unspecified atom stereocenters. The lowest BCUT2D eigenvalue weighted by Crippen LogP contribution is -2.70. The Kier molecular flexibility index (Phi) is 17.4. The summed E-state index contributed by atoms with van der Waals surface area (Å²) in [5.74, 6) is -8.10. The number of nitrogens with one attached hydrogen (secondary N) is 3. The molecule has 3 fully saturated rings. The molecule has 18 atom stereocenters. The predicted octanol–water partition coefficient (Wildman–Crippen LogP) is -7.99. The molecule has 0 aliphatic carbocycles. The molecular formula is C32H53N3O22. The van der Waals surface area contributed by atoms with Gasteiger partial charge in [0.05, 0.1) is 45.2 Å². The molecular weight excluding hydrogens is 778 g/mol. The minimum absolute atomic E-state index is 0.696. The Bertz CT molecular complexity index is 1390. The van der Waals surface area contributed by atoms with Crippen LogP contribution in [0.2, 0.25) is 0 Å². The molecule has 3 rings (SSSR count). The van der Waals surface area contributed by atoms with Crippen LogP contribution in [0.3, 0.4) is 0 Å². The summed E-state index contributed by atoms with van der Waals surface area (Å²) in [6, 6.07) is -4.70. The smallest absolute Gasteiger partial charge is 0.364 e. The molecule has 25 heteroatoms. The van der Waals surface area contributed by atoms with Crippen molar-refractivity contribution in [1.29, 1.82) is 0 Å². The van der Waals surface area contributed by atoms with Gasteiger partial charge in [-0.3, -0.25) is 14.4 Å². The summed E-state index contributed by atoms with van der Waals surface area (Å²) in [6.45, 7) is 1.46. The average Bonchev–Trinajstić information content (AvgIpc) is 3.14. The third-order valence-electron chi connectivity index (χ3n) is 9.48. The zero-order valence-electron chi connectivity index (χ0n) is 31.5. The van der Waals surface area contributed by atoms with Crippen LogP contribution in [0.25, 0.3) is 0 Å². The molecule has 3 aliphatic rings. The van der Waals surface area contributed by atoms with E-state index < -0.39 is 166 Å². The van der Waals surface area contributed by atoms with E-state index in [0.717, 1.165) is 27.9 Å². The first-order valence-electron chi connectivity index (χ1n) is 17.7. The van der Waals surface area contributed by atoms with Crippen molar-refractivity contribution >= 4 is 29.7 Å². The Balaban J connectivity index is 2.07. The van der Waals surface area contributed by atoms with Gasteiger partial charge in [0.15, 0.2) is 18.6 Å². The van der Waals surface area contributed by atoms with Crippen molar-refractivity contribution in [3.63, 3.8) is 0 Å². The monoisotopic (exact) mass is 831 g/mol. The Morgan fingerprint density at radius 2 is 1.42 bits per heavy atom. The van der Waals surface area contributed by atoms with Crippen LogP contribution in [-0.4, -0.2) is 217 Å². The first-order valence-corrected chi connectivity index (χ1v) is 17.7. The lowest BCUT2D eigenvalue weighted by molar-refractivity contribution is -0.357. The fraction of sp³-hybridized carbons (Fsp3) is 0.844. The fourth-order valence-corrected chi connectivity index (χ4v) is 6.55. The van der Waals surface area contributed by atoms with Gasteiger partial charge in [-0.15, -0.1) is 0 Å². The number of hydrogen-bond acceptors (Lipinski definition) is 21. The molecule has 25 nitrogen and oxygen atoms in total. The van der Waals surface area contributed by atoms with Gasteiger partial charge in [-0.25, -0.2) is 9.59 Å². The van der Waals surface area contributed by atoms with Crippen molar-refractivity contribution in [3.05, 3.63) is 0 Å². The number of esters is 1. The summed E-state index contributed by atoms with van der Waals surface area (Å²) in [5, 5.41) is 112. The molecule has 0 radical (unpaired) electrons. The lowest BCUT2D eigenvalue weighted by atomic mass is 9.88. The van der Waals surface area contributed by atoms with E-state index in [1.807, 2.05) is 0 Å². The molecule has 13 N–H and O–H groups in total. The number of carbonyl (C=O) groups is 5. The number of rotatable bonds is 17. The lowest BCUT2D eigenvalue weighted by Gasteiger charge is -2.49. The molecule has 0 aromatic rings. The molecule has 3 amide bonds. The number of ether oxygens (including phenoxy) is 7. The van der Waals surface area contributed by atoms with Crippen LogP contribution in [0.15, 0.2) is 0 Å². The highest BCUT2D eigenvalue weighted by atomic mass is 16.8. The molecule has 0 bridgehead atoms. The molecule has 3 saturated heterocycles. The molecule has 3 aliphatic heterocycles. The van der Waals surface area contributed by atoms with E-state index in [2.05, 4.69) is 16.0 Å². The molecule has 57 heavy (non-hydrogen) atoms. The van der Waals surface area contributed by atoms with E-state index in [-0.39, 0.29) is 0 Å². The maximum Gasteiger partial charge on any atom is 0.364 e. The topological polar surface area (TPSA) is 388 Å². The van der Waals surface area contributed by atoms with Crippen molar-refractivity contribution in [3.8, 4) is 0 Å². The Morgan fingerprint density at radius 3 is 1.95 bits per heavy atom. The van der Waals surface area contributed by atoms with Crippen LogP contribution in [0.5, 0.6) is 0 Å². The zero-order chi connectivity index (χ0) is 43.1. The third kappa shape index (κ3) is 11.5. The predicted molar refractivity (Wildman–Crippen MR) is 180 cm³/mol. The van der Waals surface area contributed by atoms with Gasteiger partial charge in [-0.2, -0.15) is 0 Å².